The molecule has 3 unspecified atom stereocenters. The van der Waals surface area contributed by atoms with Crippen molar-refractivity contribution < 1.29 is 8.42 Å². The lowest BCUT2D eigenvalue weighted by Crippen LogP contribution is -2.51. The maximum atomic E-state index is 13.1. The molecule has 0 amide bonds. The first kappa shape index (κ1) is 17.3. The third-order valence-electron chi connectivity index (χ3n) is 5.67. The van der Waals surface area contributed by atoms with Crippen LogP contribution in [0.3, 0.4) is 0 Å². The number of sulfone groups is 1. The van der Waals surface area contributed by atoms with Crippen molar-refractivity contribution in [3.63, 3.8) is 0 Å². The highest BCUT2D eigenvalue weighted by Gasteiger charge is 2.45. The van der Waals surface area contributed by atoms with Crippen LogP contribution in [0.5, 0.6) is 0 Å². The molecule has 3 nitrogen and oxygen atoms in total. The van der Waals surface area contributed by atoms with E-state index in [-0.39, 0.29) is 22.0 Å². The van der Waals surface area contributed by atoms with Crippen molar-refractivity contribution in [1.82, 2.24) is 5.32 Å². The van der Waals surface area contributed by atoms with Gasteiger partial charge in [0, 0.05) is 6.04 Å². The molecule has 21 heavy (non-hydrogen) atoms. The van der Waals surface area contributed by atoms with Gasteiger partial charge in [0.15, 0.2) is 9.84 Å². The summed E-state index contributed by atoms with van der Waals surface area (Å²) in [4.78, 5) is 0. The van der Waals surface area contributed by atoms with Gasteiger partial charge in [-0.3, -0.25) is 0 Å². The Bertz CT molecular complexity index is 432. The largest absolute Gasteiger partial charge is 0.313 e. The van der Waals surface area contributed by atoms with Gasteiger partial charge in [-0.05, 0) is 50.0 Å². The molecule has 0 heterocycles. The highest BCUT2D eigenvalue weighted by atomic mass is 32.2. The first-order chi connectivity index (χ1) is 9.76. The summed E-state index contributed by atoms with van der Waals surface area (Å²) >= 11 is 0. The average Bonchev–Trinajstić information content (AvgIpc) is 2.92. The van der Waals surface area contributed by atoms with Gasteiger partial charge in [-0.15, -0.1) is 0 Å². The molecule has 0 radical (unpaired) electrons. The van der Waals surface area contributed by atoms with Crippen molar-refractivity contribution in [2.75, 3.05) is 6.54 Å². The van der Waals surface area contributed by atoms with Crippen molar-refractivity contribution >= 4 is 9.84 Å². The van der Waals surface area contributed by atoms with Crippen LogP contribution >= 0.6 is 0 Å². The first-order valence-corrected chi connectivity index (χ1v) is 10.3. The lowest BCUT2D eigenvalue weighted by Gasteiger charge is -2.42. The normalized spacial score (nSPS) is 32.5. The molecule has 2 aliphatic rings. The standard InChI is InChI=1S/C17H33NO2S/c1-5-18-15-11-10-13(17(2,3)4)12-16(15)21(19,20)14-8-6-7-9-14/h13-16,18H,5-12H2,1-4H3. The summed E-state index contributed by atoms with van der Waals surface area (Å²) in [7, 11) is -2.99. The Kier molecular flexibility index (Phi) is 5.40. The Morgan fingerprint density at radius 1 is 1.05 bits per heavy atom. The monoisotopic (exact) mass is 315 g/mol. The van der Waals surface area contributed by atoms with E-state index < -0.39 is 9.84 Å². The number of nitrogens with one attached hydrogen (secondary N) is 1. The van der Waals surface area contributed by atoms with Gasteiger partial charge in [-0.25, -0.2) is 8.42 Å². The van der Waals surface area contributed by atoms with Crippen LogP contribution in [0.2, 0.25) is 0 Å². The van der Waals surface area contributed by atoms with E-state index in [0.717, 1.165) is 51.5 Å². The van der Waals surface area contributed by atoms with Crippen molar-refractivity contribution in [2.45, 2.75) is 89.2 Å². The molecule has 2 saturated carbocycles. The Morgan fingerprint density at radius 2 is 1.67 bits per heavy atom. The second-order valence-electron chi connectivity index (χ2n) is 8.07. The topological polar surface area (TPSA) is 46.2 Å². The SMILES string of the molecule is CCNC1CCC(C(C)(C)C)CC1S(=O)(=O)C1CCCC1. The Morgan fingerprint density at radius 3 is 2.19 bits per heavy atom. The van der Waals surface area contributed by atoms with Crippen LogP contribution < -0.4 is 5.32 Å². The molecule has 4 heteroatoms. The average molecular weight is 316 g/mol. The minimum Gasteiger partial charge on any atom is -0.313 e. The molecular formula is C17H33NO2S. The van der Waals surface area contributed by atoms with Gasteiger partial charge in [-0.1, -0.05) is 40.5 Å². The van der Waals surface area contributed by atoms with Crippen molar-refractivity contribution in [3.8, 4) is 0 Å². The molecule has 0 aromatic heterocycles. The van der Waals surface area contributed by atoms with Gasteiger partial charge >= 0.3 is 0 Å². The maximum absolute atomic E-state index is 13.1. The molecule has 0 saturated heterocycles. The van der Waals surface area contributed by atoms with Gasteiger partial charge in [0.05, 0.1) is 10.5 Å². The molecule has 0 aliphatic heterocycles. The molecular weight excluding hydrogens is 282 g/mol. The van der Waals surface area contributed by atoms with Crippen molar-refractivity contribution in [2.24, 2.45) is 11.3 Å². The molecule has 3 atom stereocenters. The molecule has 2 aliphatic carbocycles. The zero-order valence-corrected chi connectivity index (χ0v) is 15.0. The summed E-state index contributed by atoms with van der Waals surface area (Å²) in [5.41, 5.74) is 0.209. The first-order valence-electron chi connectivity index (χ1n) is 8.73. The van der Waals surface area contributed by atoms with E-state index in [2.05, 4.69) is 33.0 Å². The van der Waals surface area contributed by atoms with E-state index in [9.17, 15) is 8.42 Å². The lowest BCUT2D eigenvalue weighted by molar-refractivity contribution is 0.162. The van der Waals surface area contributed by atoms with Gasteiger partial charge in [0.25, 0.3) is 0 Å². The smallest absolute Gasteiger partial charge is 0.157 e. The summed E-state index contributed by atoms with van der Waals surface area (Å²) < 4.78 is 26.2. The summed E-state index contributed by atoms with van der Waals surface area (Å²) in [6.45, 7) is 9.70. The van der Waals surface area contributed by atoms with E-state index in [1.54, 1.807) is 0 Å². The third kappa shape index (κ3) is 3.82. The summed E-state index contributed by atoms with van der Waals surface area (Å²) in [6, 6.07) is 0.166. The van der Waals surface area contributed by atoms with E-state index in [1.165, 1.54) is 0 Å². The quantitative estimate of drug-likeness (QED) is 0.863. The van der Waals surface area contributed by atoms with Gasteiger partial charge in [0.2, 0.25) is 0 Å². The molecule has 0 aromatic carbocycles. The molecule has 1 N–H and O–H groups in total. The van der Waals surface area contributed by atoms with Crippen LogP contribution in [-0.4, -0.2) is 31.5 Å². The van der Waals surface area contributed by atoms with Crippen LogP contribution in [0, 0.1) is 11.3 Å². The van der Waals surface area contributed by atoms with Gasteiger partial charge < -0.3 is 5.32 Å². The Hall–Kier alpha value is -0.0900. The van der Waals surface area contributed by atoms with E-state index in [4.69, 9.17) is 0 Å². The third-order valence-corrected chi connectivity index (χ3v) is 8.44. The predicted molar refractivity (Wildman–Crippen MR) is 89.2 cm³/mol. The molecule has 0 bridgehead atoms. The highest BCUT2D eigenvalue weighted by molar-refractivity contribution is 7.92. The Balaban J connectivity index is 2.21. The molecule has 124 valence electrons. The Labute approximate surface area is 131 Å². The second-order valence-corrected chi connectivity index (χ2v) is 10.5. The lowest BCUT2D eigenvalue weighted by atomic mass is 9.71. The van der Waals surface area contributed by atoms with Crippen LogP contribution in [0.4, 0.5) is 0 Å². The summed E-state index contributed by atoms with van der Waals surface area (Å²) in [6.07, 6.45) is 6.95. The summed E-state index contributed by atoms with van der Waals surface area (Å²) in [5, 5.41) is 3.22. The zero-order chi connectivity index (χ0) is 15.7. The minimum atomic E-state index is -2.99. The molecule has 0 aromatic rings. The fourth-order valence-electron chi connectivity index (χ4n) is 4.24. The maximum Gasteiger partial charge on any atom is 0.157 e. The second kappa shape index (κ2) is 6.57. The van der Waals surface area contributed by atoms with Gasteiger partial charge in [-0.2, -0.15) is 0 Å². The van der Waals surface area contributed by atoms with E-state index >= 15 is 0 Å². The number of hydrogen-bond acceptors (Lipinski definition) is 3. The van der Waals surface area contributed by atoms with Crippen molar-refractivity contribution in [3.05, 3.63) is 0 Å². The minimum absolute atomic E-state index is 0.0672. The molecule has 2 rings (SSSR count). The van der Waals surface area contributed by atoms with Crippen LogP contribution in [0.15, 0.2) is 0 Å². The predicted octanol–water partition coefficient (Wildman–Crippen LogP) is 3.54. The van der Waals surface area contributed by atoms with Crippen LogP contribution in [0.1, 0.15) is 72.6 Å². The zero-order valence-electron chi connectivity index (χ0n) is 14.2. The fraction of sp³-hybridized carbons (Fsp3) is 1.00. The van der Waals surface area contributed by atoms with Crippen LogP contribution in [-0.2, 0) is 9.84 Å². The number of rotatable bonds is 4. The molecule has 0 spiro atoms. The molecule has 2 fully saturated rings. The highest BCUT2D eigenvalue weighted by Crippen LogP contribution is 2.42. The van der Waals surface area contributed by atoms with E-state index in [1.807, 2.05) is 0 Å². The van der Waals surface area contributed by atoms with Gasteiger partial charge in [0.1, 0.15) is 0 Å². The summed E-state index contributed by atoms with van der Waals surface area (Å²) in [5.74, 6) is 0.522. The number of hydrogen-bond donors (Lipinski definition) is 1. The van der Waals surface area contributed by atoms with E-state index in [0.29, 0.717) is 5.92 Å². The van der Waals surface area contributed by atoms with Crippen molar-refractivity contribution in [1.29, 1.82) is 0 Å². The fourth-order valence-corrected chi connectivity index (χ4v) is 6.91. The van der Waals surface area contributed by atoms with Crippen LogP contribution in [0.25, 0.3) is 0 Å².